The van der Waals surface area contributed by atoms with Crippen molar-refractivity contribution in [3.63, 3.8) is 0 Å². The minimum Gasteiger partial charge on any atom is -0.497 e. The molecule has 1 unspecified atom stereocenters. The molecule has 3 nitrogen and oxygen atoms in total. The van der Waals surface area contributed by atoms with Crippen molar-refractivity contribution in [1.82, 2.24) is 0 Å². The maximum atomic E-state index is 12.8. The molecule has 142 valence electrons. The first-order chi connectivity index (χ1) is 13.6. The van der Waals surface area contributed by atoms with Gasteiger partial charge in [-0.25, -0.2) is 0 Å². The van der Waals surface area contributed by atoms with Crippen LogP contribution < -0.4 is 4.74 Å². The second-order valence-electron chi connectivity index (χ2n) is 6.95. The highest BCUT2D eigenvalue weighted by atomic mass is 16.5. The van der Waals surface area contributed by atoms with Gasteiger partial charge in [0.1, 0.15) is 12.0 Å². The first kappa shape index (κ1) is 19.6. The Morgan fingerprint density at radius 3 is 2.54 bits per heavy atom. The molecule has 3 rings (SSSR count). The van der Waals surface area contributed by atoms with Crippen molar-refractivity contribution in [2.24, 2.45) is 5.92 Å². The molecule has 0 aliphatic heterocycles. The molecule has 0 amide bonds. The Labute approximate surface area is 165 Å². The predicted octanol–water partition coefficient (Wildman–Crippen LogP) is 5.43. The van der Waals surface area contributed by atoms with Crippen LogP contribution in [0.1, 0.15) is 29.3 Å². The molecule has 0 bridgehead atoms. The number of hydrogen-bond donors (Lipinski definition) is 0. The molecular formula is C25H24O3. The fraction of sp³-hybridized carbons (Fsp3) is 0.200. The van der Waals surface area contributed by atoms with Crippen molar-refractivity contribution in [3.8, 4) is 5.75 Å². The number of carbonyl (C=O) groups is 2. The van der Waals surface area contributed by atoms with Crippen molar-refractivity contribution < 1.29 is 14.3 Å². The van der Waals surface area contributed by atoms with Gasteiger partial charge in [0.05, 0.1) is 7.11 Å². The highest BCUT2D eigenvalue weighted by Gasteiger charge is 2.18. The molecular weight excluding hydrogens is 348 g/mol. The SMILES string of the molecule is COc1ccc2c(CC(CC(=O)c3ccccc3)C(C)=CC=O)cccc2c1. The standard InChI is InChI=1S/C25H24O3/c1-18(13-14-26)22(17-25(27)19-7-4-3-5-8-19)15-20-9-6-10-21-16-23(28-2)11-12-24(20)21/h3-14,16,22H,15,17H2,1-2H3. The number of benzene rings is 3. The Bertz CT molecular complexity index is 1000. The molecule has 3 aromatic rings. The van der Waals surface area contributed by atoms with Gasteiger partial charge in [-0.15, -0.1) is 0 Å². The van der Waals surface area contributed by atoms with E-state index in [0.29, 0.717) is 18.4 Å². The molecule has 0 heterocycles. The number of carbonyl (C=O) groups excluding carboxylic acids is 2. The van der Waals surface area contributed by atoms with Crippen LogP contribution in [-0.2, 0) is 11.2 Å². The summed E-state index contributed by atoms with van der Waals surface area (Å²) in [6.45, 7) is 1.92. The molecule has 0 aliphatic carbocycles. The van der Waals surface area contributed by atoms with Crippen LogP contribution >= 0.6 is 0 Å². The minimum atomic E-state index is -0.0365. The van der Waals surface area contributed by atoms with Gasteiger partial charge in [0.2, 0.25) is 0 Å². The average Bonchev–Trinajstić information content (AvgIpc) is 2.73. The number of Topliss-reactive ketones (excluding diaryl/α,β-unsaturated/α-hetero) is 1. The largest absolute Gasteiger partial charge is 0.497 e. The Morgan fingerprint density at radius 1 is 1.04 bits per heavy atom. The number of allylic oxidation sites excluding steroid dienone is 2. The van der Waals surface area contributed by atoms with E-state index in [1.54, 1.807) is 13.2 Å². The summed E-state index contributed by atoms with van der Waals surface area (Å²) in [5.74, 6) is 0.870. The Balaban J connectivity index is 1.92. The first-order valence-electron chi connectivity index (χ1n) is 9.38. The van der Waals surface area contributed by atoms with Gasteiger partial charge in [0.25, 0.3) is 0 Å². The summed E-state index contributed by atoms with van der Waals surface area (Å²) in [5.41, 5.74) is 2.78. The third-order valence-electron chi connectivity index (χ3n) is 5.15. The van der Waals surface area contributed by atoms with E-state index in [-0.39, 0.29) is 11.7 Å². The van der Waals surface area contributed by atoms with Crippen LogP contribution in [0, 0.1) is 5.92 Å². The van der Waals surface area contributed by atoms with Gasteiger partial charge in [0, 0.05) is 12.0 Å². The van der Waals surface area contributed by atoms with Crippen molar-refractivity contribution >= 4 is 22.8 Å². The van der Waals surface area contributed by atoms with E-state index in [4.69, 9.17) is 4.74 Å². The lowest BCUT2D eigenvalue weighted by Crippen LogP contribution is -2.13. The zero-order valence-electron chi connectivity index (χ0n) is 16.2. The Kier molecular flexibility index (Phi) is 6.38. The second kappa shape index (κ2) is 9.14. The fourth-order valence-corrected chi connectivity index (χ4v) is 3.50. The molecule has 0 aromatic heterocycles. The highest BCUT2D eigenvalue weighted by molar-refractivity contribution is 5.96. The smallest absolute Gasteiger partial charge is 0.163 e. The zero-order valence-corrected chi connectivity index (χ0v) is 16.2. The molecule has 0 N–H and O–H groups in total. The number of rotatable bonds is 8. The van der Waals surface area contributed by atoms with E-state index in [0.717, 1.165) is 33.9 Å². The quantitative estimate of drug-likeness (QED) is 0.301. The topological polar surface area (TPSA) is 43.4 Å². The van der Waals surface area contributed by atoms with Crippen LogP contribution in [0.4, 0.5) is 0 Å². The van der Waals surface area contributed by atoms with Gasteiger partial charge >= 0.3 is 0 Å². The van der Waals surface area contributed by atoms with Crippen molar-refractivity contribution in [2.75, 3.05) is 7.11 Å². The van der Waals surface area contributed by atoms with Crippen molar-refractivity contribution in [3.05, 3.63) is 89.5 Å². The molecule has 3 aromatic carbocycles. The highest BCUT2D eigenvalue weighted by Crippen LogP contribution is 2.29. The van der Waals surface area contributed by atoms with E-state index in [2.05, 4.69) is 18.2 Å². The molecule has 0 radical (unpaired) electrons. The van der Waals surface area contributed by atoms with Gasteiger partial charge in [-0.1, -0.05) is 60.2 Å². The van der Waals surface area contributed by atoms with Crippen LogP contribution in [0.2, 0.25) is 0 Å². The maximum Gasteiger partial charge on any atom is 0.163 e. The molecule has 1 atom stereocenters. The molecule has 0 saturated heterocycles. The third kappa shape index (κ3) is 4.55. The van der Waals surface area contributed by atoms with Gasteiger partial charge in [-0.3, -0.25) is 9.59 Å². The first-order valence-corrected chi connectivity index (χ1v) is 9.38. The van der Waals surface area contributed by atoms with Crippen LogP contribution in [0.15, 0.2) is 78.4 Å². The van der Waals surface area contributed by atoms with Gasteiger partial charge in [-0.05, 0) is 53.8 Å². The lowest BCUT2D eigenvalue weighted by Gasteiger charge is -2.18. The monoisotopic (exact) mass is 372 g/mol. The summed E-state index contributed by atoms with van der Waals surface area (Å²) in [4.78, 5) is 23.8. The fourth-order valence-electron chi connectivity index (χ4n) is 3.50. The molecule has 0 spiro atoms. The lowest BCUT2D eigenvalue weighted by atomic mass is 9.85. The van der Waals surface area contributed by atoms with E-state index < -0.39 is 0 Å². The Hall–Kier alpha value is -3.20. The minimum absolute atomic E-state index is 0.0365. The summed E-state index contributed by atoms with van der Waals surface area (Å²) < 4.78 is 5.32. The molecule has 0 aliphatic rings. The summed E-state index contributed by atoms with van der Waals surface area (Å²) in [6.07, 6.45) is 3.42. The predicted molar refractivity (Wildman–Crippen MR) is 113 cm³/mol. The number of ketones is 1. The van der Waals surface area contributed by atoms with Crippen LogP contribution in [0.5, 0.6) is 5.75 Å². The zero-order chi connectivity index (χ0) is 19.9. The van der Waals surface area contributed by atoms with Crippen LogP contribution in [-0.4, -0.2) is 19.2 Å². The molecule has 28 heavy (non-hydrogen) atoms. The molecule has 3 heteroatoms. The summed E-state index contributed by atoms with van der Waals surface area (Å²) in [7, 11) is 1.66. The summed E-state index contributed by atoms with van der Waals surface area (Å²) >= 11 is 0. The normalized spacial score (nSPS) is 12.6. The number of fused-ring (bicyclic) bond motifs is 1. The number of methoxy groups -OCH3 is 1. The van der Waals surface area contributed by atoms with Gasteiger partial charge in [-0.2, -0.15) is 0 Å². The van der Waals surface area contributed by atoms with E-state index in [1.807, 2.05) is 55.5 Å². The number of hydrogen-bond acceptors (Lipinski definition) is 3. The molecule has 0 saturated carbocycles. The van der Waals surface area contributed by atoms with Gasteiger partial charge < -0.3 is 4.74 Å². The van der Waals surface area contributed by atoms with Crippen molar-refractivity contribution in [1.29, 1.82) is 0 Å². The average molecular weight is 372 g/mol. The van der Waals surface area contributed by atoms with E-state index >= 15 is 0 Å². The molecule has 0 fully saturated rings. The second-order valence-corrected chi connectivity index (χ2v) is 6.95. The Morgan fingerprint density at radius 2 is 1.82 bits per heavy atom. The summed E-state index contributed by atoms with van der Waals surface area (Å²) in [6, 6.07) is 21.5. The lowest BCUT2D eigenvalue weighted by molar-refractivity contribution is -0.104. The maximum absolute atomic E-state index is 12.8. The number of aldehydes is 1. The van der Waals surface area contributed by atoms with Gasteiger partial charge in [0.15, 0.2) is 5.78 Å². The van der Waals surface area contributed by atoms with Crippen molar-refractivity contribution in [2.45, 2.75) is 19.8 Å². The van der Waals surface area contributed by atoms with E-state index in [1.165, 1.54) is 0 Å². The van der Waals surface area contributed by atoms with Crippen LogP contribution in [0.25, 0.3) is 10.8 Å². The third-order valence-corrected chi connectivity index (χ3v) is 5.15. The van der Waals surface area contributed by atoms with Crippen LogP contribution in [0.3, 0.4) is 0 Å². The summed E-state index contributed by atoms with van der Waals surface area (Å²) in [5, 5.41) is 2.24. The number of ether oxygens (including phenoxy) is 1. The van der Waals surface area contributed by atoms with E-state index in [9.17, 15) is 9.59 Å².